The lowest BCUT2D eigenvalue weighted by Gasteiger charge is -2.44. The van der Waals surface area contributed by atoms with Gasteiger partial charge < -0.3 is 14.4 Å². The first-order valence-corrected chi connectivity index (χ1v) is 10.8. The predicted octanol–water partition coefficient (Wildman–Crippen LogP) is 3.29. The molecule has 29 heavy (non-hydrogen) atoms. The van der Waals surface area contributed by atoms with Crippen molar-refractivity contribution in [2.75, 3.05) is 13.2 Å². The zero-order valence-corrected chi connectivity index (χ0v) is 17.1. The fourth-order valence-corrected chi connectivity index (χ4v) is 6.26. The Morgan fingerprint density at radius 3 is 2.66 bits per heavy atom. The van der Waals surface area contributed by atoms with Crippen molar-refractivity contribution in [1.29, 1.82) is 0 Å². The molecule has 2 aliphatic carbocycles. The van der Waals surface area contributed by atoms with Crippen LogP contribution in [0.4, 0.5) is 0 Å². The Bertz CT molecular complexity index is 1040. The molecule has 0 bridgehead atoms. The number of thiophene rings is 1. The average Bonchev–Trinajstić information content (AvgIpc) is 3.37. The fraction of sp³-hybridized carbons (Fsp3) is 0.524. The van der Waals surface area contributed by atoms with Crippen LogP contribution in [0.15, 0.2) is 15.7 Å². The minimum Gasteiger partial charge on any atom is -0.478 e. The predicted molar refractivity (Wildman–Crippen MR) is 105 cm³/mol. The Kier molecular flexibility index (Phi) is 4.43. The van der Waals surface area contributed by atoms with Gasteiger partial charge in [0.2, 0.25) is 0 Å². The molecule has 0 aromatic carbocycles. The second-order valence-corrected chi connectivity index (χ2v) is 9.52. The summed E-state index contributed by atoms with van der Waals surface area (Å²) in [5.41, 5.74) is 3.07. The van der Waals surface area contributed by atoms with Crippen LogP contribution in [0.3, 0.4) is 0 Å². The first-order chi connectivity index (χ1) is 14.0. The molecule has 7 nitrogen and oxygen atoms in total. The molecule has 0 atom stereocenters. The number of allylic oxidation sites excluding steroid dienone is 1. The van der Waals surface area contributed by atoms with Crippen molar-refractivity contribution in [1.82, 2.24) is 10.1 Å². The Balaban J connectivity index is 1.53. The SMILES string of the molecule is Cc1noc(-c2c(CC(=O)C3=C(C(=O)O)CCC3)sc3c2CCC2(COC2)C3)n1. The van der Waals surface area contributed by atoms with Crippen LogP contribution < -0.4 is 0 Å². The quantitative estimate of drug-likeness (QED) is 0.801. The summed E-state index contributed by atoms with van der Waals surface area (Å²) in [5, 5.41) is 13.3. The first-order valence-electron chi connectivity index (χ1n) is 9.96. The molecule has 1 saturated heterocycles. The van der Waals surface area contributed by atoms with Gasteiger partial charge in [-0.25, -0.2) is 4.79 Å². The van der Waals surface area contributed by atoms with Gasteiger partial charge in [0.1, 0.15) is 0 Å². The summed E-state index contributed by atoms with van der Waals surface area (Å²) >= 11 is 1.64. The van der Waals surface area contributed by atoms with E-state index in [1.54, 1.807) is 18.3 Å². The standard InChI is InChI=1S/C21H22N2O5S/c1-11-22-19(28-23-11)18-14-5-6-21(9-27-10-21)8-17(14)29-16(18)7-15(24)12-3-2-4-13(12)20(25)26/h2-10H2,1H3,(H,25,26). The van der Waals surface area contributed by atoms with Crippen LogP contribution in [0.25, 0.3) is 11.5 Å². The van der Waals surface area contributed by atoms with Crippen molar-refractivity contribution in [2.24, 2.45) is 5.41 Å². The number of carbonyl (C=O) groups is 2. The van der Waals surface area contributed by atoms with Crippen molar-refractivity contribution in [2.45, 2.75) is 51.9 Å². The molecule has 0 amide bonds. The number of ether oxygens (including phenoxy) is 1. The van der Waals surface area contributed by atoms with Crippen LogP contribution >= 0.6 is 11.3 Å². The maximum atomic E-state index is 13.0. The van der Waals surface area contributed by atoms with Crippen molar-refractivity contribution in [3.63, 3.8) is 0 Å². The monoisotopic (exact) mass is 414 g/mol. The molecule has 2 aromatic rings. The molecule has 1 fully saturated rings. The Morgan fingerprint density at radius 1 is 1.21 bits per heavy atom. The Labute approximate surface area is 171 Å². The summed E-state index contributed by atoms with van der Waals surface area (Å²) in [4.78, 5) is 31.1. The fourth-order valence-electron chi connectivity index (χ4n) is 4.74. The molecular formula is C21H22N2O5S. The molecule has 1 N–H and O–H groups in total. The van der Waals surface area contributed by atoms with Crippen LogP contribution in [0, 0.1) is 12.3 Å². The van der Waals surface area contributed by atoms with Gasteiger partial charge >= 0.3 is 5.97 Å². The van der Waals surface area contributed by atoms with Gasteiger partial charge in [-0.3, -0.25) is 4.79 Å². The second kappa shape index (κ2) is 6.88. The summed E-state index contributed by atoms with van der Waals surface area (Å²) in [6.07, 6.45) is 4.83. The number of aryl methyl sites for hydroxylation is 1. The van der Waals surface area contributed by atoms with E-state index in [4.69, 9.17) is 9.26 Å². The third-order valence-electron chi connectivity index (χ3n) is 6.30. The number of rotatable bonds is 5. The summed E-state index contributed by atoms with van der Waals surface area (Å²) in [6.45, 7) is 3.37. The van der Waals surface area contributed by atoms with E-state index >= 15 is 0 Å². The number of nitrogens with zero attached hydrogens (tertiary/aromatic N) is 2. The van der Waals surface area contributed by atoms with Crippen molar-refractivity contribution < 1.29 is 24.0 Å². The van der Waals surface area contributed by atoms with Gasteiger partial charge in [0.15, 0.2) is 11.6 Å². The minimum atomic E-state index is -0.976. The molecule has 3 heterocycles. The number of hydrogen-bond acceptors (Lipinski definition) is 7. The van der Waals surface area contributed by atoms with E-state index < -0.39 is 5.97 Å². The van der Waals surface area contributed by atoms with Gasteiger partial charge in [0, 0.05) is 32.7 Å². The number of aliphatic carboxylic acids is 1. The van der Waals surface area contributed by atoms with E-state index in [0.717, 1.165) is 49.3 Å². The number of fused-ring (bicyclic) bond motifs is 1. The minimum absolute atomic E-state index is 0.0994. The van der Waals surface area contributed by atoms with E-state index in [2.05, 4.69) is 10.1 Å². The highest BCUT2D eigenvalue weighted by molar-refractivity contribution is 7.12. The zero-order chi connectivity index (χ0) is 20.2. The molecule has 0 unspecified atom stereocenters. The van der Waals surface area contributed by atoms with Crippen molar-refractivity contribution >= 4 is 23.1 Å². The van der Waals surface area contributed by atoms with E-state index in [0.29, 0.717) is 30.1 Å². The highest BCUT2D eigenvalue weighted by Gasteiger charge is 2.43. The lowest BCUT2D eigenvalue weighted by Crippen LogP contribution is -2.46. The number of carboxylic acids is 1. The highest BCUT2D eigenvalue weighted by Crippen LogP contribution is 2.48. The third kappa shape index (κ3) is 3.14. The third-order valence-corrected chi connectivity index (χ3v) is 7.53. The molecule has 8 heteroatoms. The Morgan fingerprint density at radius 2 is 2.00 bits per heavy atom. The van der Waals surface area contributed by atoms with Gasteiger partial charge in [-0.05, 0) is 51.0 Å². The molecule has 152 valence electrons. The lowest BCUT2D eigenvalue weighted by atomic mass is 9.72. The molecule has 1 spiro atoms. The Hall–Kier alpha value is -2.32. The smallest absolute Gasteiger partial charge is 0.331 e. The van der Waals surface area contributed by atoms with Gasteiger partial charge in [0.05, 0.1) is 18.8 Å². The summed E-state index contributed by atoms with van der Waals surface area (Å²) < 4.78 is 10.9. The molecule has 0 radical (unpaired) electrons. The van der Waals surface area contributed by atoms with Crippen LogP contribution in [0.2, 0.25) is 0 Å². The number of carboxylic acid groups (broad SMARTS) is 1. The molecule has 0 saturated carbocycles. The van der Waals surface area contributed by atoms with E-state index in [1.165, 1.54) is 10.4 Å². The topological polar surface area (TPSA) is 103 Å². The number of hydrogen-bond donors (Lipinski definition) is 1. The molecular weight excluding hydrogens is 392 g/mol. The maximum Gasteiger partial charge on any atom is 0.331 e. The zero-order valence-electron chi connectivity index (χ0n) is 16.2. The van der Waals surface area contributed by atoms with Crippen LogP contribution in [0.5, 0.6) is 0 Å². The van der Waals surface area contributed by atoms with E-state index in [-0.39, 0.29) is 23.2 Å². The maximum absolute atomic E-state index is 13.0. The molecule has 1 aliphatic heterocycles. The van der Waals surface area contributed by atoms with Gasteiger partial charge in [-0.2, -0.15) is 4.98 Å². The molecule has 5 rings (SSSR count). The number of aromatic nitrogens is 2. The summed E-state index contributed by atoms with van der Waals surface area (Å²) in [6, 6.07) is 0. The number of ketones is 1. The van der Waals surface area contributed by atoms with Crippen molar-refractivity contribution in [3.8, 4) is 11.5 Å². The normalized spacial score (nSPS) is 20.0. The van der Waals surface area contributed by atoms with E-state index in [9.17, 15) is 14.7 Å². The largest absolute Gasteiger partial charge is 0.478 e. The second-order valence-electron chi connectivity index (χ2n) is 8.33. The van der Waals surface area contributed by atoms with Crippen LogP contribution in [0.1, 0.15) is 46.8 Å². The first kappa shape index (κ1) is 18.7. The van der Waals surface area contributed by atoms with Gasteiger partial charge in [-0.1, -0.05) is 5.16 Å². The molecule has 2 aromatic heterocycles. The number of Topliss-reactive ketones (excluding diaryl/α,β-unsaturated/α-hetero) is 1. The molecule has 3 aliphatic rings. The summed E-state index contributed by atoms with van der Waals surface area (Å²) in [5.74, 6) is -0.0558. The van der Waals surface area contributed by atoms with Crippen LogP contribution in [-0.4, -0.2) is 40.2 Å². The van der Waals surface area contributed by atoms with E-state index in [1.807, 2.05) is 0 Å². The highest BCUT2D eigenvalue weighted by atomic mass is 32.1. The lowest BCUT2D eigenvalue weighted by molar-refractivity contribution is -0.133. The number of carbonyl (C=O) groups excluding carboxylic acids is 1. The van der Waals surface area contributed by atoms with Crippen LogP contribution in [-0.2, 0) is 33.6 Å². The summed E-state index contributed by atoms with van der Waals surface area (Å²) in [7, 11) is 0. The average molecular weight is 414 g/mol. The van der Waals surface area contributed by atoms with Gasteiger partial charge in [-0.15, -0.1) is 11.3 Å². The van der Waals surface area contributed by atoms with Gasteiger partial charge in [0.25, 0.3) is 5.89 Å². The van der Waals surface area contributed by atoms with Crippen molar-refractivity contribution in [3.05, 3.63) is 32.3 Å².